The summed E-state index contributed by atoms with van der Waals surface area (Å²) in [6, 6.07) is 7.36. The van der Waals surface area contributed by atoms with Crippen LogP contribution in [-0.4, -0.2) is 18.2 Å². The lowest BCUT2D eigenvalue weighted by Gasteiger charge is -2.12. The third-order valence-electron chi connectivity index (χ3n) is 2.37. The van der Waals surface area contributed by atoms with Crippen LogP contribution in [0.4, 0.5) is 0 Å². The van der Waals surface area contributed by atoms with Crippen LogP contribution in [0.25, 0.3) is 0 Å². The average molecular weight is 218 g/mol. The summed E-state index contributed by atoms with van der Waals surface area (Å²) in [6.45, 7) is 0. The molecule has 0 aliphatic rings. The molecule has 0 aliphatic carbocycles. The Morgan fingerprint density at radius 1 is 1.56 bits per heavy atom. The molecule has 0 aromatic heterocycles. The maximum Gasteiger partial charge on any atom is 0.307 e. The van der Waals surface area contributed by atoms with E-state index in [1.165, 1.54) is 0 Å². The Kier molecular flexibility index (Phi) is 4.41. The molecule has 1 N–H and O–H groups in total. The first-order valence-corrected chi connectivity index (χ1v) is 4.97. The maximum absolute atomic E-state index is 11.0. The van der Waals surface area contributed by atoms with Gasteiger partial charge in [-0.2, -0.15) is 0 Å². The van der Waals surface area contributed by atoms with Crippen molar-refractivity contribution in [3.8, 4) is 18.1 Å². The first-order chi connectivity index (χ1) is 7.69. The van der Waals surface area contributed by atoms with Crippen LogP contribution < -0.4 is 4.74 Å². The predicted octanol–water partition coefficient (Wildman–Crippen LogP) is 1.96. The number of carbonyl (C=O) groups is 1. The van der Waals surface area contributed by atoms with E-state index in [1.54, 1.807) is 7.11 Å². The van der Waals surface area contributed by atoms with E-state index < -0.39 is 11.9 Å². The number of aliphatic carboxylic acids is 1. The Bertz CT molecular complexity index is 404. The molecule has 1 unspecified atom stereocenters. The van der Waals surface area contributed by atoms with E-state index in [1.807, 2.05) is 24.3 Å². The molecule has 0 bridgehead atoms. The molecule has 16 heavy (non-hydrogen) atoms. The average Bonchev–Trinajstić information content (AvgIpc) is 2.29. The fourth-order valence-corrected chi connectivity index (χ4v) is 1.53. The predicted molar refractivity (Wildman–Crippen MR) is 61.3 cm³/mol. The summed E-state index contributed by atoms with van der Waals surface area (Å²) in [5, 5.41) is 8.99. The standard InChI is InChI=1S/C13H14O3/c1-3-6-11(13(14)15)9-10-7-4-5-8-12(10)16-2/h1,4-5,7-8,11H,6,9H2,2H3,(H,14,15). The van der Waals surface area contributed by atoms with Gasteiger partial charge in [0.25, 0.3) is 0 Å². The van der Waals surface area contributed by atoms with Crippen LogP contribution in [0.5, 0.6) is 5.75 Å². The van der Waals surface area contributed by atoms with Gasteiger partial charge in [0, 0.05) is 6.42 Å². The van der Waals surface area contributed by atoms with Crippen LogP contribution in [0.3, 0.4) is 0 Å². The Balaban J connectivity index is 2.85. The van der Waals surface area contributed by atoms with E-state index in [0.29, 0.717) is 12.2 Å². The molecule has 1 aromatic carbocycles. The molecule has 0 radical (unpaired) electrons. The first-order valence-electron chi connectivity index (χ1n) is 4.97. The summed E-state index contributed by atoms with van der Waals surface area (Å²) in [6.07, 6.45) is 5.77. The lowest BCUT2D eigenvalue weighted by atomic mass is 9.96. The minimum atomic E-state index is -0.871. The van der Waals surface area contributed by atoms with Crippen molar-refractivity contribution < 1.29 is 14.6 Å². The van der Waals surface area contributed by atoms with Gasteiger partial charge in [-0.25, -0.2) is 0 Å². The van der Waals surface area contributed by atoms with Crippen molar-refractivity contribution in [2.75, 3.05) is 7.11 Å². The molecule has 0 aliphatic heterocycles. The molecular formula is C13H14O3. The van der Waals surface area contributed by atoms with Crippen LogP contribution >= 0.6 is 0 Å². The number of terminal acetylenes is 1. The van der Waals surface area contributed by atoms with Crippen molar-refractivity contribution in [1.82, 2.24) is 0 Å². The molecular weight excluding hydrogens is 204 g/mol. The van der Waals surface area contributed by atoms with Crippen LogP contribution in [-0.2, 0) is 11.2 Å². The van der Waals surface area contributed by atoms with E-state index >= 15 is 0 Å². The summed E-state index contributed by atoms with van der Waals surface area (Å²) < 4.78 is 5.16. The molecule has 1 aromatic rings. The fraction of sp³-hybridized carbons (Fsp3) is 0.308. The summed E-state index contributed by atoms with van der Waals surface area (Å²) in [7, 11) is 1.57. The third-order valence-corrected chi connectivity index (χ3v) is 2.37. The third kappa shape index (κ3) is 3.03. The van der Waals surface area contributed by atoms with Gasteiger partial charge in [-0.05, 0) is 18.1 Å². The van der Waals surface area contributed by atoms with Crippen molar-refractivity contribution in [3.05, 3.63) is 29.8 Å². The van der Waals surface area contributed by atoms with E-state index in [2.05, 4.69) is 5.92 Å². The number of hydrogen-bond acceptors (Lipinski definition) is 2. The summed E-state index contributed by atoms with van der Waals surface area (Å²) in [5.74, 6) is 1.66. The molecule has 0 saturated heterocycles. The van der Waals surface area contributed by atoms with Crippen LogP contribution in [0.1, 0.15) is 12.0 Å². The lowest BCUT2D eigenvalue weighted by molar-refractivity contribution is -0.141. The quantitative estimate of drug-likeness (QED) is 0.768. The zero-order chi connectivity index (χ0) is 12.0. The number of methoxy groups -OCH3 is 1. The zero-order valence-electron chi connectivity index (χ0n) is 9.14. The van der Waals surface area contributed by atoms with Gasteiger partial charge < -0.3 is 9.84 Å². The highest BCUT2D eigenvalue weighted by Gasteiger charge is 2.18. The second-order valence-corrected chi connectivity index (χ2v) is 3.46. The highest BCUT2D eigenvalue weighted by atomic mass is 16.5. The second kappa shape index (κ2) is 5.82. The molecule has 1 atom stereocenters. The van der Waals surface area contributed by atoms with Gasteiger partial charge in [0.05, 0.1) is 13.0 Å². The van der Waals surface area contributed by atoms with Gasteiger partial charge >= 0.3 is 5.97 Å². The monoisotopic (exact) mass is 218 g/mol. The van der Waals surface area contributed by atoms with Crippen molar-refractivity contribution >= 4 is 5.97 Å². The normalized spacial score (nSPS) is 11.5. The van der Waals surface area contributed by atoms with Gasteiger partial charge in [0.15, 0.2) is 0 Å². The largest absolute Gasteiger partial charge is 0.496 e. The number of benzene rings is 1. The Hall–Kier alpha value is -1.95. The smallest absolute Gasteiger partial charge is 0.307 e. The first kappa shape index (κ1) is 12.1. The SMILES string of the molecule is C#CCC(Cc1ccccc1OC)C(=O)O. The van der Waals surface area contributed by atoms with E-state index in [0.717, 1.165) is 5.56 Å². The van der Waals surface area contributed by atoms with Crippen molar-refractivity contribution in [2.24, 2.45) is 5.92 Å². The summed E-state index contributed by atoms with van der Waals surface area (Å²) in [5.41, 5.74) is 0.868. The van der Waals surface area contributed by atoms with Crippen molar-refractivity contribution in [1.29, 1.82) is 0 Å². The lowest BCUT2D eigenvalue weighted by Crippen LogP contribution is -2.16. The molecule has 0 saturated carbocycles. The van der Waals surface area contributed by atoms with E-state index in [9.17, 15) is 4.79 Å². The zero-order valence-corrected chi connectivity index (χ0v) is 9.14. The van der Waals surface area contributed by atoms with Crippen LogP contribution in [0.15, 0.2) is 24.3 Å². The molecule has 0 heterocycles. The van der Waals surface area contributed by atoms with Gasteiger partial charge in [0.1, 0.15) is 5.75 Å². The number of hydrogen-bond donors (Lipinski definition) is 1. The maximum atomic E-state index is 11.0. The number of rotatable bonds is 5. The Labute approximate surface area is 95.1 Å². The van der Waals surface area contributed by atoms with Gasteiger partial charge in [-0.15, -0.1) is 12.3 Å². The molecule has 0 fully saturated rings. The number of ether oxygens (including phenoxy) is 1. The topological polar surface area (TPSA) is 46.5 Å². The van der Waals surface area contributed by atoms with Crippen molar-refractivity contribution in [2.45, 2.75) is 12.8 Å². The fourth-order valence-electron chi connectivity index (χ4n) is 1.53. The van der Waals surface area contributed by atoms with Gasteiger partial charge in [-0.3, -0.25) is 4.79 Å². The molecule has 3 heteroatoms. The number of carboxylic acid groups (broad SMARTS) is 1. The number of carboxylic acids is 1. The minimum Gasteiger partial charge on any atom is -0.496 e. The van der Waals surface area contributed by atoms with Gasteiger partial charge in [0.2, 0.25) is 0 Å². The minimum absolute atomic E-state index is 0.230. The summed E-state index contributed by atoms with van der Waals surface area (Å²) >= 11 is 0. The Morgan fingerprint density at radius 2 is 2.25 bits per heavy atom. The van der Waals surface area contributed by atoms with E-state index in [-0.39, 0.29) is 6.42 Å². The highest BCUT2D eigenvalue weighted by molar-refractivity contribution is 5.71. The van der Waals surface area contributed by atoms with Crippen LogP contribution in [0, 0.1) is 18.3 Å². The number of para-hydroxylation sites is 1. The molecule has 1 rings (SSSR count). The molecule has 3 nitrogen and oxygen atoms in total. The highest BCUT2D eigenvalue weighted by Crippen LogP contribution is 2.22. The molecule has 84 valence electrons. The summed E-state index contributed by atoms with van der Waals surface area (Å²) in [4.78, 5) is 11.0. The molecule has 0 amide bonds. The van der Waals surface area contributed by atoms with E-state index in [4.69, 9.17) is 16.3 Å². The molecule has 0 spiro atoms. The Morgan fingerprint density at radius 3 is 2.81 bits per heavy atom. The second-order valence-electron chi connectivity index (χ2n) is 3.46. The van der Waals surface area contributed by atoms with Gasteiger partial charge in [-0.1, -0.05) is 18.2 Å². The van der Waals surface area contributed by atoms with Crippen molar-refractivity contribution in [3.63, 3.8) is 0 Å². The van der Waals surface area contributed by atoms with Crippen LogP contribution in [0.2, 0.25) is 0 Å².